The lowest BCUT2D eigenvalue weighted by atomic mass is 10.5. The molecule has 0 aromatic carbocycles. The molecule has 1 heterocycles. The van der Waals surface area contributed by atoms with Crippen molar-refractivity contribution in [1.82, 2.24) is 4.41 Å². The van der Waals surface area contributed by atoms with E-state index in [4.69, 9.17) is 4.55 Å². The quantitative estimate of drug-likeness (QED) is 0.511. The minimum atomic E-state index is -4.07. The van der Waals surface area contributed by atoms with Gasteiger partial charge in [0.25, 0.3) is 0 Å². The molecule has 1 N–H and O–H groups in total. The fourth-order valence-electron chi connectivity index (χ4n) is 0.550. The molecule has 0 aromatic rings. The highest BCUT2D eigenvalue weighted by Crippen LogP contribution is 2.03. The van der Waals surface area contributed by atoms with E-state index in [0.29, 0.717) is 10.8 Å². The summed E-state index contributed by atoms with van der Waals surface area (Å²) in [7, 11) is -4.07. The molecule has 0 atom stereocenters. The van der Waals surface area contributed by atoms with Crippen molar-refractivity contribution in [2.24, 2.45) is 5.10 Å². The van der Waals surface area contributed by atoms with E-state index < -0.39 is 10.3 Å². The molecule has 1 aliphatic rings. The number of hydrazone groups is 1. The molecule has 52 valence electrons. The van der Waals surface area contributed by atoms with Crippen molar-refractivity contribution in [3.63, 3.8) is 0 Å². The fraction of sp³-hybridized carbons (Fsp3) is 0.667. The number of nitrogens with zero attached hydrogens (tertiary/aromatic N) is 2. The highest BCUT2D eigenvalue weighted by atomic mass is 32.2. The van der Waals surface area contributed by atoms with Crippen LogP contribution < -0.4 is 0 Å². The van der Waals surface area contributed by atoms with Gasteiger partial charge in [-0.05, 0) is 0 Å². The van der Waals surface area contributed by atoms with Crippen LogP contribution in [0.4, 0.5) is 0 Å². The zero-order chi connectivity index (χ0) is 6.91. The Kier molecular flexibility index (Phi) is 1.42. The molecule has 0 saturated carbocycles. The summed E-state index contributed by atoms with van der Waals surface area (Å²) in [5, 5.41) is 3.38. The second-order valence-electron chi connectivity index (χ2n) is 1.61. The average Bonchev–Trinajstić information content (AvgIpc) is 2.08. The van der Waals surface area contributed by atoms with Gasteiger partial charge < -0.3 is 0 Å². The van der Waals surface area contributed by atoms with Gasteiger partial charge >= 0.3 is 10.3 Å². The minimum absolute atomic E-state index is 0.249. The SMILES string of the molecule is O=S(=O)(O)N1CCC=N1. The second kappa shape index (κ2) is 1.96. The standard InChI is InChI=1S/C3H6N2O3S/c6-9(7,8)5-3-1-2-4-5/h2H,1,3H2,(H,6,7,8). The molecule has 0 radical (unpaired) electrons. The van der Waals surface area contributed by atoms with Crippen LogP contribution in [0.1, 0.15) is 6.42 Å². The van der Waals surface area contributed by atoms with Gasteiger partial charge in [0, 0.05) is 12.6 Å². The maximum atomic E-state index is 10.2. The van der Waals surface area contributed by atoms with Crippen LogP contribution in [0.5, 0.6) is 0 Å². The van der Waals surface area contributed by atoms with Crippen LogP contribution in [0.15, 0.2) is 5.10 Å². The van der Waals surface area contributed by atoms with E-state index in [1.165, 1.54) is 6.21 Å². The van der Waals surface area contributed by atoms with E-state index in [9.17, 15) is 8.42 Å². The Morgan fingerprint density at radius 1 is 1.67 bits per heavy atom. The van der Waals surface area contributed by atoms with Gasteiger partial charge in [-0.3, -0.25) is 4.55 Å². The van der Waals surface area contributed by atoms with E-state index >= 15 is 0 Å². The van der Waals surface area contributed by atoms with E-state index in [1.807, 2.05) is 0 Å². The molecule has 0 fully saturated rings. The molecule has 5 nitrogen and oxygen atoms in total. The topological polar surface area (TPSA) is 70.0 Å². The molecular formula is C3H6N2O3S. The van der Waals surface area contributed by atoms with Gasteiger partial charge in [-0.2, -0.15) is 17.9 Å². The van der Waals surface area contributed by atoms with Gasteiger partial charge in [0.2, 0.25) is 0 Å². The molecule has 6 heteroatoms. The van der Waals surface area contributed by atoms with Gasteiger partial charge in [-0.1, -0.05) is 0 Å². The van der Waals surface area contributed by atoms with Gasteiger partial charge in [0.1, 0.15) is 0 Å². The van der Waals surface area contributed by atoms with Crippen molar-refractivity contribution in [2.75, 3.05) is 6.54 Å². The highest BCUT2D eigenvalue weighted by molar-refractivity contribution is 7.83. The van der Waals surface area contributed by atoms with E-state index in [1.54, 1.807) is 0 Å². The van der Waals surface area contributed by atoms with Crippen LogP contribution in [0, 0.1) is 0 Å². The van der Waals surface area contributed by atoms with Crippen molar-refractivity contribution in [3.05, 3.63) is 0 Å². The summed E-state index contributed by atoms with van der Waals surface area (Å²) in [6.45, 7) is 0.249. The number of hydrogen-bond donors (Lipinski definition) is 1. The van der Waals surface area contributed by atoms with E-state index in [2.05, 4.69) is 5.10 Å². The fourth-order valence-corrected chi connectivity index (χ4v) is 1.07. The maximum absolute atomic E-state index is 10.2. The van der Waals surface area contributed by atoms with Crippen molar-refractivity contribution in [2.45, 2.75) is 6.42 Å². The predicted molar refractivity (Wildman–Crippen MR) is 31.4 cm³/mol. The van der Waals surface area contributed by atoms with Crippen LogP contribution >= 0.6 is 0 Å². The Labute approximate surface area is 52.9 Å². The van der Waals surface area contributed by atoms with Gasteiger partial charge in [0.05, 0.1) is 6.54 Å². The van der Waals surface area contributed by atoms with E-state index in [0.717, 1.165) is 0 Å². The van der Waals surface area contributed by atoms with Gasteiger partial charge in [-0.25, -0.2) is 0 Å². The monoisotopic (exact) mass is 150 g/mol. The minimum Gasteiger partial charge on any atom is -0.268 e. The first kappa shape index (κ1) is 6.50. The molecule has 0 spiro atoms. The Bertz CT molecular complexity index is 219. The first-order chi connectivity index (χ1) is 4.11. The summed E-state index contributed by atoms with van der Waals surface area (Å²) in [6, 6.07) is 0. The molecular weight excluding hydrogens is 144 g/mol. The molecule has 0 aliphatic carbocycles. The van der Waals surface area contributed by atoms with Crippen molar-refractivity contribution >= 4 is 16.5 Å². The molecule has 0 aromatic heterocycles. The Morgan fingerprint density at radius 3 is 2.56 bits per heavy atom. The smallest absolute Gasteiger partial charge is 0.268 e. The Morgan fingerprint density at radius 2 is 2.33 bits per heavy atom. The molecule has 0 saturated heterocycles. The maximum Gasteiger partial charge on any atom is 0.374 e. The molecule has 1 aliphatic heterocycles. The van der Waals surface area contributed by atoms with Crippen LogP contribution in [-0.2, 0) is 10.3 Å². The Balaban J connectivity index is 2.76. The average molecular weight is 150 g/mol. The third kappa shape index (κ3) is 1.39. The number of hydrogen-bond acceptors (Lipinski definition) is 3. The van der Waals surface area contributed by atoms with Crippen molar-refractivity contribution in [3.8, 4) is 0 Å². The lowest BCUT2D eigenvalue weighted by molar-refractivity contribution is 0.380. The number of rotatable bonds is 1. The van der Waals surface area contributed by atoms with Crippen molar-refractivity contribution in [1.29, 1.82) is 0 Å². The van der Waals surface area contributed by atoms with Crippen molar-refractivity contribution < 1.29 is 13.0 Å². The zero-order valence-corrected chi connectivity index (χ0v) is 5.37. The lowest BCUT2D eigenvalue weighted by Gasteiger charge is -2.06. The summed E-state index contributed by atoms with van der Waals surface area (Å²) in [5.74, 6) is 0. The first-order valence-electron chi connectivity index (χ1n) is 2.38. The summed E-state index contributed by atoms with van der Waals surface area (Å²) in [6.07, 6.45) is 2.01. The van der Waals surface area contributed by atoms with Crippen LogP contribution in [0.2, 0.25) is 0 Å². The lowest BCUT2D eigenvalue weighted by Crippen LogP contribution is -2.22. The third-order valence-corrected chi connectivity index (χ3v) is 1.74. The summed E-state index contributed by atoms with van der Waals surface area (Å²) < 4.78 is 29.4. The first-order valence-corrected chi connectivity index (χ1v) is 3.78. The Hall–Kier alpha value is -0.620. The summed E-state index contributed by atoms with van der Waals surface area (Å²) >= 11 is 0. The molecule has 0 bridgehead atoms. The molecule has 0 unspecified atom stereocenters. The normalized spacial score (nSPS) is 19.0. The highest BCUT2D eigenvalue weighted by Gasteiger charge is 2.17. The van der Waals surface area contributed by atoms with Crippen LogP contribution in [-0.4, -0.2) is 30.1 Å². The van der Waals surface area contributed by atoms with Crippen LogP contribution in [0.3, 0.4) is 0 Å². The third-order valence-electron chi connectivity index (χ3n) is 0.926. The summed E-state index contributed by atoms with van der Waals surface area (Å²) in [5.41, 5.74) is 0. The second-order valence-corrected chi connectivity index (χ2v) is 2.93. The van der Waals surface area contributed by atoms with Gasteiger partial charge in [0.15, 0.2) is 0 Å². The molecule has 0 amide bonds. The van der Waals surface area contributed by atoms with Crippen LogP contribution in [0.25, 0.3) is 0 Å². The summed E-state index contributed by atoms with van der Waals surface area (Å²) in [4.78, 5) is 0. The zero-order valence-electron chi connectivity index (χ0n) is 4.56. The van der Waals surface area contributed by atoms with E-state index in [-0.39, 0.29) is 6.54 Å². The molecule has 9 heavy (non-hydrogen) atoms. The largest absolute Gasteiger partial charge is 0.374 e. The van der Waals surface area contributed by atoms with Gasteiger partial charge in [-0.15, -0.1) is 0 Å². The molecule has 1 rings (SSSR count). The predicted octanol–water partition coefficient (Wildman–Crippen LogP) is -0.519.